The highest BCUT2D eigenvalue weighted by atomic mass is 32.2. The number of hydrogen-bond acceptors (Lipinski definition) is 6. The van der Waals surface area contributed by atoms with Crippen molar-refractivity contribution in [1.82, 2.24) is 14.3 Å². The Labute approximate surface area is 145 Å². The van der Waals surface area contributed by atoms with Crippen LogP contribution in [0.25, 0.3) is 10.7 Å². The average Bonchev–Trinajstić information content (AvgIpc) is 3.07. The number of rotatable bonds is 2. The van der Waals surface area contributed by atoms with Crippen LogP contribution in [0.1, 0.15) is 12.5 Å². The first-order chi connectivity index (χ1) is 11.0. The fourth-order valence-corrected chi connectivity index (χ4v) is 5.27. The molecule has 0 radical (unpaired) electrons. The lowest BCUT2D eigenvalue weighted by Gasteiger charge is -2.21. The second-order valence-electron chi connectivity index (χ2n) is 5.65. The maximum atomic E-state index is 12.4. The van der Waals surface area contributed by atoms with Gasteiger partial charge in [-0.25, -0.2) is 4.79 Å². The summed E-state index contributed by atoms with van der Waals surface area (Å²) in [6.45, 7) is 5.17. The minimum atomic E-state index is -0.836. The van der Waals surface area contributed by atoms with Crippen molar-refractivity contribution >= 4 is 44.8 Å². The van der Waals surface area contributed by atoms with Gasteiger partial charge < -0.3 is 4.90 Å². The third kappa shape index (κ3) is 3.96. The van der Waals surface area contributed by atoms with Gasteiger partial charge in [0.05, 0.1) is 4.88 Å². The molecule has 2 aromatic rings. The van der Waals surface area contributed by atoms with Crippen molar-refractivity contribution in [3.63, 3.8) is 0 Å². The molecule has 124 valence electrons. The standard InChI is InChI=1S/C14H18N4O2S3/c1-9-7-18(4-6-23(20)8-9)14(19)16-13-15-12(17-22-13)11-10(2)3-5-21-11/h3,5,9H,4,6-8H2,1-2H3,(H,15,16,17,19). The molecular formula is C14H18N4O2S3. The molecule has 3 rings (SSSR count). The summed E-state index contributed by atoms with van der Waals surface area (Å²) >= 11 is 2.77. The predicted octanol–water partition coefficient (Wildman–Crippen LogP) is 2.81. The van der Waals surface area contributed by atoms with Crippen molar-refractivity contribution in [2.75, 3.05) is 29.9 Å². The fourth-order valence-electron chi connectivity index (χ4n) is 2.46. The zero-order chi connectivity index (χ0) is 16.4. The van der Waals surface area contributed by atoms with Crippen LogP contribution in [-0.4, -0.2) is 49.1 Å². The molecule has 3 heterocycles. The molecule has 2 atom stereocenters. The van der Waals surface area contributed by atoms with Crippen molar-refractivity contribution in [2.24, 2.45) is 5.92 Å². The molecule has 1 N–H and O–H groups in total. The number of nitrogens with zero attached hydrogens (tertiary/aromatic N) is 3. The molecule has 1 aliphatic rings. The molecule has 0 spiro atoms. The van der Waals surface area contributed by atoms with E-state index in [4.69, 9.17) is 0 Å². The van der Waals surface area contributed by atoms with Gasteiger partial charge in [-0.05, 0) is 29.9 Å². The number of nitrogens with one attached hydrogen (secondary N) is 1. The van der Waals surface area contributed by atoms with Crippen molar-refractivity contribution in [3.05, 3.63) is 17.0 Å². The maximum absolute atomic E-state index is 12.4. The van der Waals surface area contributed by atoms with Gasteiger partial charge in [0.15, 0.2) is 5.82 Å². The highest BCUT2D eigenvalue weighted by molar-refractivity contribution is 7.85. The first-order valence-electron chi connectivity index (χ1n) is 7.32. The number of carbonyl (C=O) groups is 1. The summed E-state index contributed by atoms with van der Waals surface area (Å²) in [5.41, 5.74) is 1.13. The second-order valence-corrected chi connectivity index (χ2v) is 8.94. The van der Waals surface area contributed by atoms with Gasteiger partial charge in [0.1, 0.15) is 0 Å². The van der Waals surface area contributed by atoms with E-state index in [9.17, 15) is 9.00 Å². The van der Waals surface area contributed by atoms with Crippen LogP contribution in [0.4, 0.5) is 9.93 Å². The Kier molecular flexibility index (Phi) is 5.08. The zero-order valence-corrected chi connectivity index (χ0v) is 15.4. The van der Waals surface area contributed by atoms with E-state index in [1.165, 1.54) is 11.5 Å². The number of amides is 2. The lowest BCUT2D eigenvalue weighted by atomic mass is 10.2. The van der Waals surface area contributed by atoms with Crippen LogP contribution in [0.15, 0.2) is 11.4 Å². The van der Waals surface area contributed by atoms with Crippen LogP contribution in [0, 0.1) is 12.8 Å². The van der Waals surface area contributed by atoms with Crippen molar-refractivity contribution in [3.8, 4) is 10.7 Å². The van der Waals surface area contributed by atoms with Gasteiger partial charge in [-0.3, -0.25) is 9.53 Å². The van der Waals surface area contributed by atoms with Gasteiger partial charge in [-0.1, -0.05) is 6.92 Å². The SMILES string of the molecule is Cc1ccsc1-c1nsc(NC(=O)N2CCS(=O)CC(C)C2)n1. The Morgan fingerprint density at radius 2 is 2.35 bits per heavy atom. The molecule has 1 saturated heterocycles. The van der Waals surface area contributed by atoms with E-state index < -0.39 is 10.8 Å². The molecule has 1 fully saturated rings. The molecule has 0 bridgehead atoms. The van der Waals surface area contributed by atoms with Crippen molar-refractivity contribution in [2.45, 2.75) is 13.8 Å². The molecule has 0 saturated carbocycles. The number of thiophene rings is 1. The topological polar surface area (TPSA) is 75.2 Å². The summed E-state index contributed by atoms with van der Waals surface area (Å²) in [6.07, 6.45) is 0. The summed E-state index contributed by atoms with van der Waals surface area (Å²) in [7, 11) is -0.836. The van der Waals surface area contributed by atoms with Crippen LogP contribution in [0.3, 0.4) is 0 Å². The Hall–Kier alpha value is -1.32. The lowest BCUT2D eigenvalue weighted by molar-refractivity contribution is 0.210. The maximum Gasteiger partial charge on any atom is 0.323 e. The summed E-state index contributed by atoms with van der Waals surface area (Å²) < 4.78 is 16.0. The molecule has 9 heteroatoms. The number of carbonyl (C=O) groups excluding carboxylic acids is 1. The molecule has 0 aromatic carbocycles. The van der Waals surface area contributed by atoms with Crippen LogP contribution in [0.5, 0.6) is 0 Å². The monoisotopic (exact) mass is 370 g/mol. The highest BCUT2D eigenvalue weighted by Crippen LogP contribution is 2.29. The van der Waals surface area contributed by atoms with Gasteiger partial charge in [-0.15, -0.1) is 11.3 Å². The van der Waals surface area contributed by atoms with Crippen molar-refractivity contribution in [1.29, 1.82) is 0 Å². The highest BCUT2D eigenvalue weighted by Gasteiger charge is 2.23. The summed E-state index contributed by atoms with van der Waals surface area (Å²) in [4.78, 5) is 19.5. The molecule has 6 nitrogen and oxygen atoms in total. The number of aromatic nitrogens is 2. The van der Waals surface area contributed by atoms with Crippen LogP contribution >= 0.6 is 22.9 Å². The third-order valence-corrected chi connectivity index (χ3v) is 6.81. The van der Waals surface area contributed by atoms with Crippen molar-refractivity contribution < 1.29 is 9.00 Å². The summed E-state index contributed by atoms with van der Waals surface area (Å²) in [5, 5.41) is 5.31. The third-order valence-electron chi connectivity index (χ3n) is 3.58. The normalized spacial score (nSPS) is 21.9. The second kappa shape index (κ2) is 7.06. The Morgan fingerprint density at radius 1 is 1.52 bits per heavy atom. The molecular weight excluding hydrogens is 352 g/mol. The zero-order valence-electron chi connectivity index (χ0n) is 12.9. The molecule has 23 heavy (non-hydrogen) atoms. The van der Waals surface area contributed by atoms with E-state index in [2.05, 4.69) is 14.7 Å². The van der Waals surface area contributed by atoms with E-state index >= 15 is 0 Å². The Balaban J connectivity index is 1.67. The van der Waals surface area contributed by atoms with Gasteiger partial charge in [0.2, 0.25) is 5.13 Å². The van der Waals surface area contributed by atoms with E-state index in [1.54, 1.807) is 16.2 Å². The van der Waals surface area contributed by atoms with Gasteiger partial charge >= 0.3 is 6.03 Å². The number of hydrogen-bond donors (Lipinski definition) is 1. The number of urea groups is 1. The fraction of sp³-hybridized carbons (Fsp3) is 0.500. The first-order valence-corrected chi connectivity index (χ1v) is 10.5. The Bertz CT molecular complexity index is 727. The summed E-state index contributed by atoms with van der Waals surface area (Å²) in [5.74, 6) is 2.09. The van der Waals surface area contributed by atoms with Crippen LogP contribution < -0.4 is 5.32 Å². The number of aryl methyl sites for hydroxylation is 1. The van der Waals surface area contributed by atoms with Gasteiger partial charge in [-0.2, -0.15) is 9.36 Å². The van der Waals surface area contributed by atoms with E-state index in [0.29, 0.717) is 35.6 Å². The van der Waals surface area contributed by atoms with Crippen LogP contribution in [0.2, 0.25) is 0 Å². The molecule has 0 aliphatic carbocycles. The van der Waals surface area contributed by atoms with E-state index in [0.717, 1.165) is 10.4 Å². The Morgan fingerprint density at radius 3 is 3.09 bits per heavy atom. The predicted molar refractivity (Wildman–Crippen MR) is 95.6 cm³/mol. The molecule has 2 aromatic heterocycles. The largest absolute Gasteiger partial charge is 0.323 e. The smallest absolute Gasteiger partial charge is 0.323 e. The minimum Gasteiger partial charge on any atom is -0.323 e. The molecule has 2 amide bonds. The number of anilines is 1. The first kappa shape index (κ1) is 16.5. The lowest BCUT2D eigenvalue weighted by Crippen LogP contribution is -2.38. The van der Waals surface area contributed by atoms with E-state index in [1.807, 2.05) is 25.3 Å². The molecule has 2 unspecified atom stereocenters. The van der Waals surface area contributed by atoms with Crippen LogP contribution in [-0.2, 0) is 10.8 Å². The van der Waals surface area contributed by atoms with Gasteiger partial charge in [0, 0.05) is 46.9 Å². The minimum absolute atomic E-state index is 0.193. The quantitative estimate of drug-likeness (QED) is 0.882. The summed E-state index contributed by atoms with van der Waals surface area (Å²) in [6, 6.07) is 1.83. The average molecular weight is 371 g/mol. The van der Waals surface area contributed by atoms with Gasteiger partial charge in [0.25, 0.3) is 0 Å². The molecule has 1 aliphatic heterocycles. The van der Waals surface area contributed by atoms with E-state index in [-0.39, 0.29) is 11.9 Å².